The fourth-order valence-corrected chi connectivity index (χ4v) is 6.10. The van der Waals surface area contributed by atoms with Gasteiger partial charge in [0.1, 0.15) is 5.82 Å². The number of hydrogen-bond donors (Lipinski definition) is 2. The van der Waals surface area contributed by atoms with Gasteiger partial charge in [-0.05, 0) is 85.4 Å². The van der Waals surface area contributed by atoms with Gasteiger partial charge in [-0.15, -0.1) is 0 Å². The van der Waals surface area contributed by atoms with Crippen LogP contribution in [0.3, 0.4) is 0 Å². The summed E-state index contributed by atoms with van der Waals surface area (Å²) in [6.45, 7) is 2.26. The average molecular weight is 522 g/mol. The lowest BCUT2D eigenvalue weighted by Gasteiger charge is -2.31. The first-order valence-electron chi connectivity index (χ1n) is 13.5. The van der Waals surface area contributed by atoms with Crippen molar-refractivity contribution in [3.05, 3.63) is 125 Å². The van der Waals surface area contributed by atoms with E-state index in [0.29, 0.717) is 5.92 Å². The van der Waals surface area contributed by atoms with E-state index in [1.165, 1.54) is 28.9 Å². The van der Waals surface area contributed by atoms with E-state index in [0.717, 1.165) is 42.0 Å². The maximum absolute atomic E-state index is 13.5. The van der Waals surface area contributed by atoms with E-state index in [4.69, 9.17) is 0 Å². The van der Waals surface area contributed by atoms with Crippen molar-refractivity contribution in [2.75, 3.05) is 17.0 Å². The van der Waals surface area contributed by atoms with Gasteiger partial charge >= 0.3 is 6.03 Å². The molecule has 2 N–H and O–H groups in total. The number of fused-ring (bicyclic) bond motifs is 1. The van der Waals surface area contributed by atoms with Crippen molar-refractivity contribution in [3.8, 4) is 0 Å². The summed E-state index contributed by atoms with van der Waals surface area (Å²) in [5, 5.41) is 5.30. The molecule has 2 aromatic carbocycles. The van der Waals surface area contributed by atoms with Crippen LogP contribution in [0.5, 0.6) is 0 Å². The first-order valence-corrected chi connectivity index (χ1v) is 13.5. The lowest BCUT2D eigenvalue weighted by molar-refractivity contribution is 0.241. The molecule has 39 heavy (non-hydrogen) atoms. The van der Waals surface area contributed by atoms with Crippen LogP contribution in [0.2, 0.25) is 0 Å². The molecule has 0 saturated carbocycles. The number of benzene rings is 2. The van der Waals surface area contributed by atoms with Crippen LogP contribution in [0.1, 0.15) is 37.9 Å². The van der Waals surface area contributed by atoms with Crippen LogP contribution < -0.4 is 20.7 Å². The van der Waals surface area contributed by atoms with Crippen molar-refractivity contribution >= 4 is 17.4 Å². The quantitative estimate of drug-likeness (QED) is 0.381. The molecule has 6 rings (SSSR count). The molecule has 7 heteroatoms. The SMILES string of the molecule is C[C@H]1C2=CNN(c3ccc(F)cc3)C2=CC2=C1[C@@H](CC(NC(=O)N(C)c1ccccc1)c1ccccn1)CC2. The van der Waals surface area contributed by atoms with Gasteiger partial charge in [0.05, 0.1) is 23.1 Å². The summed E-state index contributed by atoms with van der Waals surface area (Å²) in [5.41, 5.74) is 11.1. The lowest BCUT2D eigenvalue weighted by Crippen LogP contribution is -2.40. The molecular formula is C32H32FN5O. The number of allylic oxidation sites excluding steroid dienone is 4. The van der Waals surface area contributed by atoms with Crippen LogP contribution in [0.4, 0.5) is 20.6 Å². The summed E-state index contributed by atoms with van der Waals surface area (Å²) >= 11 is 0. The van der Waals surface area contributed by atoms with Gasteiger partial charge in [0.15, 0.2) is 0 Å². The van der Waals surface area contributed by atoms with Gasteiger partial charge in [0.25, 0.3) is 0 Å². The minimum atomic E-state index is -0.245. The second-order valence-electron chi connectivity index (χ2n) is 10.4. The van der Waals surface area contributed by atoms with E-state index in [9.17, 15) is 9.18 Å². The Bertz CT molecular complexity index is 1450. The van der Waals surface area contributed by atoms with Crippen molar-refractivity contribution in [2.24, 2.45) is 11.8 Å². The first kappa shape index (κ1) is 24.9. The number of anilines is 2. The minimum absolute atomic E-state index is 0.152. The zero-order valence-electron chi connectivity index (χ0n) is 22.1. The number of aromatic nitrogens is 1. The molecule has 1 unspecified atom stereocenters. The van der Waals surface area contributed by atoms with Crippen molar-refractivity contribution in [2.45, 2.75) is 32.2 Å². The zero-order chi connectivity index (χ0) is 26.9. The fraction of sp³-hybridized carbons (Fsp3) is 0.250. The highest BCUT2D eigenvalue weighted by molar-refractivity contribution is 5.91. The van der Waals surface area contributed by atoms with E-state index < -0.39 is 0 Å². The van der Waals surface area contributed by atoms with Crippen molar-refractivity contribution in [1.82, 2.24) is 15.7 Å². The Balaban J connectivity index is 1.25. The van der Waals surface area contributed by atoms with Crippen molar-refractivity contribution < 1.29 is 9.18 Å². The molecule has 198 valence electrons. The molecule has 0 bridgehead atoms. The highest BCUT2D eigenvalue weighted by atomic mass is 19.1. The number of pyridine rings is 1. The van der Waals surface area contributed by atoms with Crippen molar-refractivity contribution in [1.29, 1.82) is 0 Å². The number of amides is 2. The number of carbonyl (C=O) groups is 1. The summed E-state index contributed by atoms with van der Waals surface area (Å²) < 4.78 is 13.5. The molecule has 3 aliphatic rings. The van der Waals surface area contributed by atoms with E-state index in [2.05, 4.69) is 34.9 Å². The smallest absolute Gasteiger partial charge is 0.322 e. The van der Waals surface area contributed by atoms with Crippen LogP contribution >= 0.6 is 0 Å². The molecule has 1 aliphatic heterocycles. The Morgan fingerprint density at radius 3 is 2.64 bits per heavy atom. The molecule has 1 aromatic heterocycles. The van der Waals surface area contributed by atoms with Crippen LogP contribution in [-0.2, 0) is 0 Å². The summed E-state index contributed by atoms with van der Waals surface area (Å²) in [5.74, 6) is 0.311. The van der Waals surface area contributed by atoms with E-state index >= 15 is 0 Å². The zero-order valence-corrected chi connectivity index (χ0v) is 22.1. The first-order chi connectivity index (χ1) is 19.0. The van der Waals surface area contributed by atoms with Crippen molar-refractivity contribution in [3.63, 3.8) is 0 Å². The maximum atomic E-state index is 13.5. The number of carbonyl (C=O) groups excluding carboxylic acids is 1. The van der Waals surface area contributed by atoms with Crippen LogP contribution in [-0.4, -0.2) is 18.1 Å². The Morgan fingerprint density at radius 2 is 1.90 bits per heavy atom. The van der Waals surface area contributed by atoms with Gasteiger partial charge < -0.3 is 10.7 Å². The summed E-state index contributed by atoms with van der Waals surface area (Å²) in [4.78, 5) is 19.6. The maximum Gasteiger partial charge on any atom is 0.322 e. The van der Waals surface area contributed by atoms with Gasteiger partial charge in [-0.2, -0.15) is 0 Å². The number of hydrogen-bond acceptors (Lipinski definition) is 4. The highest BCUT2D eigenvalue weighted by Crippen LogP contribution is 2.49. The van der Waals surface area contributed by atoms with Gasteiger partial charge in [-0.25, -0.2) is 9.18 Å². The third kappa shape index (κ3) is 4.80. The Kier molecular flexibility index (Phi) is 6.65. The van der Waals surface area contributed by atoms with Crippen LogP contribution in [0, 0.1) is 17.7 Å². The molecule has 0 radical (unpaired) electrons. The molecule has 2 aliphatic carbocycles. The summed E-state index contributed by atoms with van der Waals surface area (Å²) in [7, 11) is 1.79. The standard InChI is InChI=1S/C32H32FN5O/c1-21-27-20-35-38(26-15-13-24(33)14-16-26)30(27)19-23-12-11-22(31(21)23)18-29(28-10-6-7-17-34-28)36-32(39)37(2)25-8-4-3-5-9-25/h3-10,13-17,19-22,29,35H,11-12,18H2,1-2H3,(H,36,39)/t21-,22+,29?/m0/s1. The predicted octanol–water partition coefficient (Wildman–Crippen LogP) is 6.65. The fourth-order valence-electron chi connectivity index (χ4n) is 6.10. The molecular weight excluding hydrogens is 489 g/mol. The molecule has 6 nitrogen and oxygen atoms in total. The number of halogens is 1. The van der Waals surface area contributed by atoms with E-state index in [1.54, 1.807) is 30.3 Å². The largest absolute Gasteiger partial charge is 0.329 e. The summed E-state index contributed by atoms with van der Waals surface area (Å²) in [6.07, 6.45) is 8.93. The van der Waals surface area contributed by atoms with Crippen LogP contribution in [0.25, 0.3) is 0 Å². The predicted molar refractivity (Wildman–Crippen MR) is 152 cm³/mol. The number of nitrogens with one attached hydrogen (secondary N) is 2. The average Bonchev–Trinajstić information content (AvgIpc) is 3.58. The topological polar surface area (TPSA) is 60.5 Å². The molecule has 0 spiro atoms. The normalized spacial score (nSPS) is 20.4. The molecule has 0 saturated heterocycles. The number of nitrogens with zero attached hydrogens (tertiary/aromatic N) is 3. The number of hydrazine groups is 1. The Labute approximate surface area is 228 Å². The highest BCUT2D eigenvalue weighted by Gasteiger charge is 2.39. The van der Waals surface area contributed by atoms with Gasteiger partial charge in [0.2, 0.25) is 0 Å². The molecule has 2 amide bonds. The third-order valence-electron chi connectivity index (χ3n) is 8.10. The van der Waals surface area contributed by atoms with Gasteiger partial charge in [-0.1, -0.05) is 36.8 Å². The second-order valence-corrected chi connectivity index (χ2v) is 10.4. The van der Waals surface area contributed by atoms with Gasteiger partial charge in [-0.3, -0.25) is 14.9 Å². The number of para-hydroxylation sites is 1. The Morgan fingerprint density at radius 1 is 1.13 bits per heavy atom. The van der Waals surface area contributed by atoms with Gasteiger partial charge in [0, 0.05) is 36.6 Å². The molecule has 3 atom stereocenters. The number of rotatable bonds is 6. The van der Waals surface area contributed by atoms with E-state index in [1.807, 2.05) is 53.5 Å². The van der Waals surface area contributed by atoms with Crippen LogP contribution in [0.15, 0.2) is 114 Å². The molecule has 2 heterocycles. The monoisotopic (exact) mass is 521 g/mol. The lowest BCUT2D eigenvalue weighted by atomic mass is 9.78. The number of urea groups is 1. The minimum Gasteiger partial charge on any atom is -0.329 e. The molecule has 3 aromatic rings. The Hall–Kier alpha value is -4.39. The second kappa shape index (κ2) is 10.4. The summed E-state index contributed by atoms with van der Waals surface area (Å²) in [6, 6.07) is 21.7. The molecule has 0 fully saturated rings. The third-order valence-corrected chi connectivity index (χ3v) is 8.10. The van der Waals surface area contributed by atoms with E-state index in [-0.39, 0.29) is 23.8 Å².